The number of carbonyl (C=O) groups is 1. The van der Waals surface area contributed by atoms with Crippen LogP contribution >= 0.6 is 0 Å². The summed E-state index contributed by atoms with van der Waals surface area (Å²) in [4.78, 5) is 10.5. The number of esters is 1. The number of hydrogen-bond donors (Lipinski definition) is 0. The molecule has 51 valence electrons. The molecule has 0 saturated heterocycles. The molecule has 0 rings (SSSR count). The smallest absolute Gasteiger partial charge is 0.313 e. The highest BCUT2D eigenvalue weighted by atomic mass is 16.5. The fourth-order valence-corrected chi connectivity index (χ4v) is 0.365. The molecule has 0 bridgehead atoms. The summed E-state index contributed by atoms with van der Waals surface area (Å²) in [6, 6.07) is 0. The Bertz CT molecular complexity index is 105. The summed E-state index contributed by atoms with van der Waals surface area (Å²) in [6.07, 6.45) is 4.82. The fourth-order valence-electron chi connectivity index (χ4n) is 0.365. The average molecular weight is 127 g/mol. The predicted molar refractivity (Wildman–Crippen MR) is 35.7 cm³/mol. The van der Waals surface area contributed by atoms with Crippen molar-refractivity contribution < 1.29 is 9.53 Å². The van der Waals surface area contributed by atoms with E-state index in [-0.39, 0.29) is 5.97 Å². The third kappa shape index (κ3) is 5.07. The Morgan fingerprint density at radius 3 is 2.78 bits per heavy atom. The summed E-state index contributed by atoms with van der Waals surface area (Å²) in [5.74, 6) is -0.282. The molecule has 0 saturated carbocycles. The molecule has 0 amide bonds. The van der Waals surface area contributed by atoms with Gasteiger partial charge in [0.05, 0.1) is 13.0 Å². The molecular weight excluding hydrogens is 116 g/mol. The molecule has 0 spiro atoms. The lowest BCUT2D eigenvalue weighted by Gasteiger charge is -1.94. The van der Waals surface area contributed by atoms with E-state index in [1.54, 1.807) is 19.1 Å². The Morgan fingerprint density at radius 1 is 1.67 bits per heavy atom. The second kappa shape index (κ2) is 5.35. The van der Waals surface area contributed by atoms with Gasteiger partial charge in [0.15, 0.2) is 0 Å². The topological polar surface area (TPSA) is 26.3 Å². The zero-order valence-electron chi connectivity index (χ0n) is 5.76. The van der Waals surface area contributed by atoms with Crippen LogP contribution in [0, 0.1) is 6.42 Å². The summed E-state index contributed by atoms with van der Waals surface area (Å²) in [5, 5.41) is 0. The molecule has 0 N–H and O–H groups in total. The lowest BCUT2D eigenvalue weighted by Crippen LogP contribution is -2.01. The van der Waals surface area contributed by atoms with Gasteiger partial charge >= 0.3 is 5.97 Å². The zero-order chi connectivity index (χ0) is 7.11. The first-order valence-electron chi connectivity index (χ1n) is 2.94. The van der Waals surface area contributed by atoms with Crippen LogP contribution in [0.4, 0.5) is 0 Å². The van der Waals surface area contributed by atoms with Gasteiger partial charge in [-0.25, -0.2) is 0 Å². The van der Waals surface area contributed by atoms with E-state index in [4.69, 9.17) is 0 Å². The first-order chi connectivity index (χ1) is 4.31. The van der Waals surface area contributed by atoms with Crippen LogP contribution in [0.2, 0.25) is 0 Å². The van der Waals surface area contributed by atoms with Gasteiger partial charge < -0.3 is 4.74 Å². The van der Waals surface area contributed by atoms with E-state index in [0.29, 0.717) is 6.61 Å². The van der Waals surface area contributed by atoms with Crippen LogP contribution in [-0.4, -0.2) is 12.6 Å². The molecule has 1 radical (unpaired) electrons. The van der Waals surface area contributed by atoms with Crippen molar-refractivity contribution in [3.05, 3.63) is 18.6 Å². The molecule has 9 heavy (non-hydrogen) atoms. The average Bonchev–Trinajstić information content (AvgIpc) is 1.85. The zero-order valence-corrected chi connectivity index (χ0v) is 5.76. The predicted octanol–water partition coefficient (Wildman–Crippen LogP) is 1.33. The molecule has 0 unspecified atom stereocenters. The van der Waals surface area contributed by atoms with Crippen LogP contribution in [0.25, 0.3) is 0 Å². The lowest BCUT2D eigenvalue weighted by molar-refractivity contribution is -0.138. The highest BCUT2D eigenvalue weighted by molar-refractivity contribution is 5.81. The maximum absolute atomic E-state index is 10.5. The highest BCUT2D eigenvalue weighted by Crippen LogP contribution is 1.85. The van der Waals surface area contributed by atoms with Crippen molar-refractivity contribution in [3.8, 4) is 0 Å². The van der Waals surface area contributed by atoms with Crippen molar-refractivity contribution in [1.82, 2.24) is 0 Å². The minimum Gasteiger partial charge on any atom is -0.466 e. The summed E-state index contributed by atoms with van der Waals surface area (Å²) in [7, 11) is 0. The van der Waals surface area contributed by atoms with Crippen molar-refractivity contribution in [2.45, 2.75) is 13.8 Å². The van der Waals surface area contributed by atoms with Gasteiger partial charge in [0.25, 0.3) is 0 Å². The van der Waals surface area contributed by atoms with Crippen molar-refractivity contribution in [3.63, 3.8) is 0 Å². The second-order valence-electron chi connectivity index (χ2n) is 1.44. The molecule has 0 aromatic rings. The van der Waals surface area contributed by atoms with Crippen LogP contribution < -0.4 is 0 Å². The van der Waals surface area contributed by atoms with Gasteiger partial charge in [0, 0.05) is 0 Å². The van der Waals surface area contributed by atoms with Crippen molar-refractivity contribution in [2.24, 2.45) is 0 Å². The van der Waals surface area contributed by atoms with Crippen molar-refractivity contribution in [2.75, 3.05) is 6.61 Å². The first kappa shape index (κ1) is 8.21. The van der Waals surface area contributed by atoms with Crippen molar-refractivity contribution in [1.29, 1.82) is 0 Å². The Balaban J connectivity index is 3.27. The van der Waals surface area contributed by atoms with Crippen LogP contribution in [0.3, 0.4) is 0 Å². The summed E-state index contributed by atoms with van der Waals surface area (Å²) in [6.45, 7) is 4.06. The molecule has 2 nitrogen and oxygen atoms in total. The lowest BCUT2D eigenvalue weighted by atomic mass is 10.4. The maximum atomic E-state index is 10.5. The van der Waals surface area contributed by atoms with Gasteiger partial charge in [-0.05, 0) is 13.8 Å². The van der Waals surface area contributed by atoms with E-state index in [9.17, 15) is 4.79 Å². The monoisotopic (exact) mass is 127 g/mol. The number of rotatable bonds is 3. The van der Waals surface area contributed by atoms with Crippen LogP contribution in [0.5, 0.6) is 0 Å². The Morgan fingerprint density at radius 2 is 2.33 bits per heavy atom. The first-order valence-corrected chi connectivity index (χ1v) is 2.94. The Labute approximate surface area is 55.5 Å². The SMILES string of the molecule is C/C=C/[CH]C(=O)OCC. The molecule has 0 atom stereocenters. The third-order valence-corrected chi connectivity index (χ3v) is 0.711. The van der Waals surface area contributed by atoms with Crippen LogP contribution in [0.15, 0.2) is 12.2 Å². The molecule has 0 aliphatic heterocycles. The van der Waals surface area contributed by atoms with E-state index >= 15 is 0 Å². The van der Waals surface area contributed by atoms with Crippen LogP contribution in [-0.2, 0) is 9.53 Å². The van der Waals surface area contributed by atoms with Gasteiger partial charge in [0.2, 0.25) is 0 Å². The van der Waals surface area contributed by atoms with E-state index in [2.05, 4.69) is 4.74 Å². The minimum atomic E-state index is -0.282. The highest BCUT2D eigenvalue weighted by Gasteiger charge is 1.94. The van der Waals surface area contributed by atoms with Gasteiger partial charge in [0.1, 0.15) is 0 Å². The Kier molecular flexibility index (Phi) is 4.88. The summed E-state index contributed by atoms with van der Waals surface area (Å²) in [5.41, 5.74) is 0. The molecule has 0 aromatic carbocycles. The third-order valence-electron chi connectivity index (χ3n) is 0.711. The molecule has 0 fully saturated rings. The quantitative estimate of drug-likeness (QED) is 0.534. The van der Waals surface area contributed by atoms with E-state index in [1.807, 2.05) is 6.92 Å². The maximum Gasteiger partial charge on any atom is 0.313 e. The molecule has 0 heterocycles. The Hall–Kier alpha value is -0.790. The minimum absolute atomic E-state index is 0.282. The largest absolute Gasteiger partial charge is 0.466 e. The summed E-state index contributed by atoms with van der Waals surface area (Å²) < 4.78 is 4.60. The molecule has 0 aliphatic rings. The van der Waals surface area contributed by atoms with Crippen molar-refractivity contribution >= 4 is 5.97 Å². The second-order valence-corrected chi connectivity index (χ2v) is 1.44. The molecule has 2 heteroatoms. The van der Waals surface area contributed by atoms with Gasteiger partial charge in [-0.1, -0.05) is 12.2 Å². The standard InChI is InChI=1S/C7H11O2/c1-3-5-6-7(8)9-4-2/h3,5-6H,4H2,1-2H3/b5-3+. The van der Waals surface area contributed by atoms with E-state index in [1.165, 1.54) is 6.42 Å². The summed E-state index contributed by atoms with van der Waals surface area (Å²) >= 11 is 0. The van der Waals surface area contributed by atoms with Crippen LogP contribution in [0.1, 0.15) is 13.8 Å². The van der Waals surface area contributed by atoms with E-state index in [0.717, 1.165) is 0 Å². The number of hydrogen-bond acceptors (Lipinski definition) is 2. The molecular formula is C7H11O2. The number of carbonyl (C=O) groups excluding carboxylic acids is 1. The normalized spacial score (nSPS) is 10.0. The van der Waals surface area contributed by atoms with Gasteiger partial charge in [-0.15, -0.1) is 0 Å². The molecule has 0 aliphatic carbocycles. The fraction of sp³-hybridized carbons (Fsp3) is 0.429. The number of ether oxygens (including phenoxy) is 1. The molecule has 0 aromatic heterocycles. The number of allylic oxidation sites excluding steroid dienone is 1. The van der Waals surface area contributed by atoms with Gasteiger partial charge in [-0.2, -0.15) is 0 Å². The van der Waals surface area contributed by atoms with Gasteiger partial charge in [-0.3, -0.25) is 4.79 Å². The van der Waals surface area contributed by atoms with E-state index < -0.39 is 0 Å².